The zero-order valence-corrected chi connectivity index (χ0v) is 25.1. The first kappa shape index (κ1) is 25.4. The summed E-state index contributed by atoms with van der Waals surface area (Å²) in [4.78, 5) is 0. The lowest BCUT2D eigenvalue weighted by molar-refractivity contribution is 0.487. The molecule has 0 amide bonds. The average molecular weight is 585 g/mol. The summed E-state index contributed by atoms with van der Waals surface area (Å²) in [5.41, 5.74) is 12.0. The van der Waals surface area contributed by atoms with E-state index in [0.717, 1.165) is 17.1 Å². The van der Waals surface area contributed by atoms with Gasteiger partial charge in [-0.15, -0.1) is 0 Å². The Morgan fingerprint density at radius 2 is 0.978 bits per heavy atom. The quantitative estimate of drug-likeness (QED) is 0.201. The highest BCUT2D eigenvalue weighted by molar-refractivity contribution is 6.05. The van der Waals surface area contributed by atoms with Gasteiger partial charge in [0.25, 0.3) is 0 Å². The van der Waals surface area contributed by atoms with E-state index in [2.05, 4.69) is 170 Å². The van der Waals surface area contributed by atoms with Gasteiger partial charge in [0, 0.05) is 10.9 Å². The molecule has 46 heavy (non-hydrogen) atoms. The molecular weight excluding hydrogens is 556 g/mol. The highest BCUT2D eigenvalue weighted by Gasteiger charge is 2.47. The van der Waals surface area contributed by atoms with Crippen molar-refractivity contribution >= 4 is 21.5 Å². The highest BCUT2D eigenvalue weighted by Crippen LogP contribution is 2.58. The molecule has 8 aromatic rings. The van der Waals surface area contributed by atoms with Crippen molar-refractivity contribution in [2.24, 2.45) is 0 Å². The maximum atomic E-state index is 6.49. The minimum atomic E-state index is -0.507. The number of hydrogen-bond donors (Lipinski definition) is 0. The van der Waals surface area contributed by atoms with Gasteiger partial charge in [0.2, 0.25) is 0 Å². The fraction of sp³-hybridized carbons (Fsp3) is 0.0222. The van der Waals surface area contributed by atoms with Crippen LogP contribution >= 0.6 is 0 Å². The van der Waals surface area contributed by atoms with Crippen molar-refractivity contribution in [1.29, 1.82) is 0 Å². The van der Waals surface area contributed by atoms with E-state index in [1.807, 2.05) is 0 Å². The molecule has 0 saturated carbocycles. The van der Waals surface area contributed by atoms with E-state index in [-0.39, 0.29) is 0 Å². The molecule has 0 aromatic heterocycles. The minimum absolute atomic E-state index is 0.507. The van der Waals surface area contributed by atoms with Gasteiger partial charge in [-0.2, -0.15) is 0 Å². The average Bonchev–Trinajstić information content (AvgIpc) is 3.41. The molecule has 10 rings (SSSR count). The van der Waals surface area contributed by atoms with E-state index in [1.54, 1.807) is 0 Å². The molecular formula is C45H28O. The second-order valence-corrected chi connectivity index (χ2v) is 12.4. The molecule has 1 aliphatic carbocycles. The van der Waals surface area contributed by atoms with Crippen LogP contribution in [-0.4, -0.2) is 0 Å². The van der Waals surface area contributed by atoms with Crippen LogP contribution in [0.4, 0.5) is 0 Å². The monoisotopic (exact) mass is 584 g/mol. The van der Waals surface area contributed by atoms with Crippen molar-refractivity contribution in [2.45, 2.75) is 5.41 Å². The van der Waals surface area contributed by atoms with Crippen LogP contribution in [0.5, 0.6) is 11.5 Å². The third-order valence-corrected chi connectivity index (χ3v) is 10.1. The predicted octanol–water partition coefficient (Wildman–Crippen LogP) is 11.8. The van der Waals surface area contributed by atoms with Crippen LogP contribution in [0.25, 0.3) is 54.9 Å². The summed E-state index contributed by atoms with van der Waals surface area (Å²) in [6.07, 6.45) is 0. The second kappa shape index (κ2) is 9.54. The molecule has 214 valence electrons. The zero-order chi connectivity index (χ0) is 30.2. The zero-order valence-electron chi connectivity index (χ0n) is 25.1. The first-order valence-electron chi connectivity index (χ1n) is 15.9. The summed E-state index contributed by atoms with van der Waals surface area (Å²) in [5, 5.41) is 4.89. The Kier molecular flexibility index (Phi) is 5.27. The minimum Gasteiger partial charge on any atom is -0.456 e. The second-order valence-electron chi connectivity index (χ2n) is 12.4. The van der Waals surface area contributed by atoms with E-state index in [1.165, 1.54) is 71.6 Å². The summed E-state index contributed by atoms with van der Waals surface area (Å²) in [5.74, 6) is 1.82. The first-order chi connectivity index (χ1) is 22.8. The van der Waals surface area contributed by atoms with Gasteiger partial charge < -0.3 is 4.74 Å². The molecule has 1 nitrogen and oxygen atoms in total. The summed E-state index contributed by atoms with van der Waals surface area (Å²) in [6.45, 7) is 0. The van der Waals surface area contributed by atoms with E-state index in [9.17, 15) is 0 Å². The fourth-order valence-electron chi connectivity index (χ4n) is 8.20. The van der Waals surface area contributed by atoms with Crippen molar-refractivity contribution in [1.82, 2.24) is 0 Å². The van der Waals surface area contributed by atoms with E-state index >= 15 is 0 Å². The predicted molar refractivity (Wildman–Crippen MR) is 190 cm³/mol. The third-order valence-electron chi connectivity index (χ3n) is 10.1. The maximum Gasteiger partial charge on any atom is 0.135 e. The van der Waals surface area contributed by atoms with E-state index in [0.29, 0.717) is 0 Å². The van der Waals surface area contributed by atoms with Crippen molar-refractivity contribution in [3.63, 3.8) is 0 Å². The molecule has 1 aliphatic heterocycles. The molecule has 0 fully saturated rings. The molecule has 1 unspecified atom stereocenters. The van der Waals surface area contributed by atoms with E-state index < -0.39 is 5.41 Å². The Balaban J connectivity index is 1.29. The molecule has 2 aliphatic rings. The van der Waals surface area contributed by atoms with Crippen LogP contribution in [0.3, 0.4) is 0 Å². The molecule has 8 aromatic carbocycles. The van der Waals surface area contributed by atoms with Gasteiger partial charge in [-0.05, 0) is 96.6 Å². The van der Waals surface area contributed by atoms with Crippen molar-refractivity contribution in [3.05, 3.63) is 192 Å². The van der Waals surface area contributed by atoms with Gasteiger partial charge >= 0.3 is 0 Å². The molecule has 1 heteroatoms. The lowest BCUT2D eigenvalue weighted by Gasteiger charge is -2.36. The van der Waals surface area contributed by atoms with Crippen LogP contribution in [0, 0.1) is 0 Å². The van der Waals surface area contributed by atoms with Gasteiger partial charge in [0.1, 0.15) is 11.5 Å². The topological polar surface area (TPSA) is 9.23 Å². The van der Waals surface area contributed by atoms with Crippen LogP contribution < -0.4 is 4.74 Å². The Bertz CT molecular complexity index is 2500. The number of fused-ring (bicyclic) bond motifs is 6. The third kappa shape index (κ3) is 3.40. The Morgan fingerprint density at radius 3 is 1.80 bits per heavy atom. The number of ether oxygens (including phenoxy) is 1. The van der Waals surface area contributed by atoms with Gasteiger partial charge in [-0.25, -0.2) is 0 Å². The van der Waals surface area contributed by atoms with Crippen LogP contribution in [0.1, 0.15) is 22.3 Å². The van der Waals surface area contributed by atoms with Crippen LogP contribution in [-0.2, 0) is 5.41 Å². The van der Waals surface area contributed by atoms with Crippen molar-refractivity contribution < 1.29 is 4.74 Å². The molecule has 0 spiro atoms. The standard InChI is InChI=1S/C45H28O/c1-2-16-33(17-3-1)45(40-22-9-7-19-35(40)37-26-30-12-4-5-13-31(30)28-41(37)45)39-21-8-6-18-34(39)32-24-25-42-38(27-32)36-20-10-14-29-15-11-23-43(46-42)44(29)36/h1-28H. The van der Waals surface area contributed by atoms with Gasteiger partial charge in [0.05, 0.1) is 5.41 Å². The lowest BCUT2D eigenvalue weighted by atomic mass is 9.65. The molecule has 1 heterocycles. The summed E-state index contributed by atoms with van der Waals surface area (Å²) in [7, 11) is 0. The molecule has 0 radical (unpaired) electrons. The smallest absolute Gasteiger partial charge is 0.135 e. The summed E-state index contributed by atoms with van der Waals surface area (Å²) >= 11 is 0. The van der Waals surface area contributed by atoms with Gasteiger partial charge in [0.15, 0.2) is 0 Å². The number of benzene rings is 8. The Hall–Kier alpha value is -5.92. The number of hydrogen-bond acceptors (Lipinski definition) is 1. The van der Waals surface area contributed by atoms with Gasteiger partial charge in [-0.1, -0.05) is 140 Å². The molecule has 1 atom stereocenters. The van der Waals surface area contributed by atoms with Crippen LogP contribution in [0.15, 0.2) is 170 Å². The lowest BCUT2D eigenvalue weighted by Crippen LogP contribution is -2.29. The normalized spacial score (nSPS) is 15.7. The van der Waals surface area contributed by atoms with Crippen LogP contribution in [0.2, 0.25) is 0 Å². The van der Waals surface area contributed by atoms with Gasteiger partial charge in [-0.3, -0.25) is 0 Å². The first-order valence-corrected chi connectivity index (χ1v) is 15.9. The highest BCUT2D eigenvalue weighted by atomic mass is 16.5. The largest absolute Gasteiger partial charge is 0.456 e. The fourth-order valence-corrected chi connectivity index (χ4v) is 8.20. The summed E-state index contributed by atoms with van der Waals surface area (Å²) in [6, 6.07) is 62.2. The Morgan fingerprint density at radius 1 is 0.348 bits per heavy atom. The molecule has 0 N–H and O–H groups in total. The Labute approximate surface area is 268 Å². The number of rotatable bonds is 3. The summed E-state index contributed by atoms with van der Waals surface area (Å²) < 4.78 is 6.49. The van der Waals surface area contributed by atoms with E-state index in [4.69, 9.17) is 4.74 Å². The van der Waals surface area contributed by atoms with Crippen molar-refractivity contribution in [3.8, 4) is 44.9 Å². The molecule has 0 bridgehead atoms. The maximum absolute atomic E-state index is 6.49. The molecule has 0 saturated heterocycles. The van der Waals surface area contributed by atoms with Crippen molar-refractivity contribution in [2.75, 3.05) is 0 Å². The SMILES string of the molecule is c1ccc(C2(c3ccccc3-c3ccc4c(c3)-c3cccc5cccc(c35)O4)c3ccccc3-c3cc4ccccc4cc32)cc1.